The van der Waals surface area contributed by atoms with E-state index >= 15 is 0 Å². The van der Waals surface area contributed by atoms with Crippen molar-refractivity contribution in [1.82, 2.24) is 14.5 Å². The monoisotopic (exact) mass is 505 g/mol. The minimum Gasteiger partial charge on any atom is -0.375 e. The number of allylic oxidation sites excluding steroid dienone is 1. The normalized spacial score (nSPS) is 19.8. The van der Waals surface area contributed by atoms with Crippen molar-refractivity contribution in [2.75, 3.05) is 33.2 Å². The molecule has 4 rings (SSSR count). The van der Waals surface area contributed by atoms with Gasteiger partial charge in [0.05, 0.1) is 6.42 Å². The van der Waals surface area contributed by atoms with Gasteiger partial charge in [0.25, 0.3) is 0 Å². The highest BCUT2D eigenvalue weighted by Gasteiger charge is 2.41. The van der Waals surface area contributed by atoms with E-state index in [1.54, 1.807) is 37.4 Å². The lowest BCUT2D eigenvalue weighted by Crippen LogP contribution is -2.27. The van der Waals surface area contributed by atoms with Crippen molar-refractivity contribution >= 4 is 17.6 Å². The molecule has 0 spiro atoms. The molecule has 8 heteroatoms. The summed E-state index contributed by atoms with van der Waals surface area (Å²) in [5.41, 5.74) is 3.64. The van der Waals surface area contributed by atoms with Gasteiger partial charge in [0.1, 0.15) is 5.82 Å². The zero-order valence-electron chi connectivity index (χ0n) is 19.9. The minimum absolute atomic E-state index is 0.256. The fraction of sp³-hybridized carbons (Fsp3) is 0.407. The molecule has 0 aromatic heterocycles. The molecule has 0 radical (unpaired) electrons. The lowest BCUT2D eigenvalue weighted by Gasteiger charge is -2.27. The zero-order valence-corrected chi connectivity index (χ0v) is 20.7. The van der Waals surface area contributed by atoms with Gasteiger partial charge in [-0.05, 0) is 61.2 Å². The van der Waals surface area contributed by atoms with Crippen LogP contribution in [0.15, 0.2) is 66.2 Å². The number of nitrogens with one attached hydrogen (secondary N) is 1. The van der Waals surface area contributed by atoms with Gasteiger partial charge in [-0.1, -0.05) is 37.4 Å². The van der Waals surface area contributed by atoms with Crippen LogP contribution in [-0.4, -0.2) is 49.2 Å². The maximum atomic E-state index is 14.7. The SMILES string of the molecule is C=C(CCc1ccc(CC(F)(F)F)cc1)N1CC2CN(C(=C)c3ccc(SNC)cc3F)CC2C1. The quantitative estimate of drug-likeness (QED) is 0.326. The number of rotatable bonds is 9. The number of halogens is 4. The summed E-state index contributed by atoms with van der Waals surface area (Å²) >= 11 is 1.38. The second-order valence-electron chi connectivity index (χ2n) is 9.40. The van der Waals surface area contributed by atoms with Gasteiger partial charge in [0, 0.05) is 59.9 Å². The first-order valence-corrected chi connectivity index (χ1v) is 12.6. The number of aryl methyl sites for hydroxylation is 1. The molecule has 2 aromatic carbocycles. The molecule has 188 valence electrons. The van der Waals surface area contributed by atoms with Crippen LogP contribution in [0.5, 0.6) is 0 Å². The minimum atomic E-state index is -4.18. The number of fused-ring (bicyclic) bond motifs is 1. The van der Waals surface area contributed by atoms with Crippen LogP contribution in [0.3, 0.4) is 0 Å². The summed E-state index contributed by atoms with van der Waals surface area (Å²) in [7, 11) is 1.80. The van der Waals surface area contributed by atoms with Crippen LogP contribution in [0.4, 0.5) is 17.6 Å². The van der Waals surface area contributed by atoms with E-state index in [9.17, 15) is 17.6 Å². The van der Waals surface area contributed by atoms with Gasteiger partial charge in [0.2, 0.25) is 0 Å². The lowest BCUT2D eigenvalue weighted by molar-refractivity contribution is -0.127. The third kappa shape index (κ3) is 6.41. The second-order valence-corrected chi connectivity index (χ2v) is 10.5. The van der Waals surface area contributed by atoms with E-state index in [0.29, 0.717) is 17.4 Å². The van der Waals surface area contributed by atoms with Crippen molar-refractivity contribution < 1.29 is 17.6 Å². The fourth-order valence-electron chi connectivity index (χ4n) is 5.06. The third-order valence-corrected chi connectivity index (χ3v) is 7.61. The van der Waals surface area contributed by atoms with E-state index in [1.807, 2.05) is 6.07 Å². The van der Waals surface area contributed by atoms with Crippen molar-refractivity contribution in [1.29, 1.82) is 0 Å². The first kappa shape index (κ1) is 25.6. The van der Waals surface area contributed by atoms with E-state index in [0.717, 1.165) is 60.9 Å². The van der Waals surface area contributed by atoms with Crippen LogP contribution in [-0.2, 0) is 12.8 Å². The van der Waals surface area contributed by atoms with E-state index < -0.39 is 12.6 Å². The van der Waals surface area contributed by atoms with Crippen LogP contribution in [0, 0.1) is 17.7 Å². The van der Waals surface area contributed by atoms with Crippen molar-refractivity contribution in [2.24, 2.45) is 11.8 Å². The Bertz CT molecular complexity index is 1050. The summed E-state index contributed by atoms with van der Waals surface area (Å²) in [5.74, 6) is 0.702. The Labute approximate surface area is 209 Å². The lowest BCUT2D eigenvalue weighted by atomic mass is 10.0. The Hall–Kier alpha value is -2.45. The highest BCUT2D eigenvalue weighted by atomic mass is 32.2. The number of benzene rings is 2. The van der Waals surface area contributed by atoms with Crippen LogP contribution >= 0.6 is 11.9 Å². The van der Waals surface area contributed by atoms with Gasteiger partial charge in [0.15, 0.2) is 0 Å². The molecule has 0 aliphatic carbocycles. The van der Waals surface area contributed by atoms with Crippen LogP contribution < -0.4 is 4.72 Å². The maximum absolute atomic E-state index is 14.7. The molecule has 2 aliphatic heterocycles. The number of alkyl halides is 3. The first-order chi connectivity index (χ1) is 16.6. The highest BCUT2D eigenvalue weighted by Crippen LogP contribution is 2.37. The Morgan fingerprint density at radius 1 is 0.971 bits per heavy atom. The number of nitrogens with zero attached hydrogens (tertiary/aromatic N) is 2. The van der Waals surface area contributed by atoms with E-state index in [-0.39, 0.29) is 11.4 Å². The maximum Gasteiger partial charge on any atom is 0.393 e. The summed E-state index contributed by atoms with van der Waals surface area (Å²) in [6.45, 7) is 12.0. The molecule has 3 nitrogen and oxygen atoms in total. The molecule has 0 bridgehead atoms. The Morgan fingerprint density at radius 2 is 1.57 bits per heavy atom. The van der Waals surface area contributed by atoms with Gasteiger partial charge in [-0.2, -0.15) is 13.2 Å². The molecule has 2 aliphatic rings. The number of hydrogen-bond acceptors (Lipinski definition) is 4. The van der Waals surface area contributed by atoms with Gasteiger partial charge in [-0.25, -0.2) is 4.39 Å². The molecule has 2 aromatic rings. The predicted molar refractivity (Wildman–Crippen MR) is 134 cm³/mol. The Balaban J connectivity index is 1.26. The number of likely N-dealkylation sites (tertiary alicyclic amines) is 2. The summed E-state index contributed by atoms with van der Waals surface area (Å²) in [4.78, 5) is 5.35. The molecular weight excluding hydrogens is 474 g/mol. The summed E-state index contributed by atoms with van der Waals surface area (Å²) < 4.78 is 55.2. The van der Waals surface area contributed by atoms with Crippen molar-refractivity contribution in [2.45, 2.75) is 30.3 Å². The van der Waals surface area contributed by atoms with E-state index in [1.165, 1.54) is 18.0 Å². The van der Waals surface area contributed by atoms with Gasteiger partial charge in [-0.3, -0.25) is 4.72 Å². The van der Waals surface area contributed by atoms with Gasteiger partial charge in [-0.15, -0.1) is 0 Å². The largest absolute Gasteiger partial charge is 0.393 e. The molecule has 2 unspecified atom stereocenters. The molecular formula is C27H31F4N3S. The Morgan fingerprint density at radius 3 is 2.14 bits per heavy atom. The van der Waals surface area contributed by atoms with Crippen LogP contribution in [0.1, 0.15) is 23.1 Å². The molecule has 2 fully saturated rings. The van der Waals surface area contributed by atoms with Gasteiger partial charge >= 0.3 is 6.18 Å². The smallest absolute Gasteiger partial charge is 0.375 e. The Kier molecular flexibility index (Phi) is 7.81. The van der Waals surface area contributed by atoms with Gasteiger partial charge < -0.3 is 9.80 Å². The molecule has 0 amide bonds. The first-order valence-electron chi connectivity index (χ1n) is 11.8. The third-order valence-electron chi connectivity index (χ3n) is 6.92. The average Bonchev–Trinajstić information content (AvgIpc) is 3.37. The zero-order chi connectivity index (χ0) is 25.2. The van der Waals surface area contributed by atoms with Crippen LogP contribution in [0.2, 0.25) is 0 Å². The van der Waals surface area contributed by atoms with E-state index in [2.05, 4.69) is 27.7 Å². The summed E-state index contributed by atoms with van der Waals surface area (Å²) in [5, 5.41) is 0. The topological polar surface area (TPSA) is 18.5 Å². The van der Waals surface area contributed by atoms with Crippen molar-refractivity contribution in [3.05, 3.63) is 83.8 Å². The molecule has 2 heterocycles. The van der Waals surface area contributed by atoms with Crippen LogP contribution in [0.25, 0.3) is 5.70 Å². The molecule has 0 saturated carbocycles. The molecule has 2 atom stereocenters. The molecule has 1 N–H and O–H groups in total. The standard InChI is InChI=1S/C27H31F4N3S/c1-18(4-5-20-6-8-21(9-7-20)13-27(29,30)31)33-14-22-16-34(17-23(22)15-33)19(2)25-11-10-24(35-32-3)12-26(25)28/h6-12,22-23,32H,1-2,4-5,13-17H2,3H3. The predicted octanol–water partition coefficient (Wildman–Crippen LogP) is 6.14. The summed E-state index contributed by atoms with van der Waals surface area (Å²) in [6.07, 6.45) is -3.55. The summed E-state index contributed by atoms with van der Waals surface area (Å²) in [6, 6.07) is 11.9. The van der Waals surface area contributed by atoms with E-state index in [4.69, 9.17) is 0 Å². The highest BCUT2D eigenvalue weighted by molar-refractivity contribution is 7.97. The molecule has 35 heavy (non-hydrogen) atoms. The molecule has 2 saturated heterocycles. The fourth-order valence-corrected chi connectivity index (χ4v) is 5.59. The second kappa shape index (κ2) is 10.7. The van der Waals surface area contributed by atoms with Crippen molar-refractivity contribution in [3.63, 3.8) is 0 Å². The number of hydrogen-bond donors (Lipinski definition) is 1. The average molecular weight is 506 g/mol. The van der Waals surface area contributed by atoms with Crippen molar-refractivity contribution in [3.8, 4) is 0 Å².